The van der Waals surface area contributed by atoms with Crippen molar-refractivity contribution in [3.05, 3.63) is 29.0 Å². The molecule has 0 bridgehead atoms. The highest BCUT2D eigenvalue weighted by Gasteiger charge is 2.32. The van der Waals surface area contributed by atoms with Crippen molar-refractivity contribution >= 4 is 23.5 Å². The maximum Gasteiger partial charge on any atom is 0.307 e. The van der Waals surface area contributed by atoms with Crippen molar-refractivity contribution in [2.24, 2.45) is 5.92 Å². The number of carboxylic acids is 1. The molecule has 2 aliphatic heterocycles. The SMILES string of the molecule is O=C(O)[C@H]1CCCN(C2CCN(C(=O)c3ccncc3Cl)CC2)C1. The van der Waals surface area contributed by atoms with Gasteiger partial charge in [-0.1, -0.05) is 11.6 Å². The smallest absolute Gasteiger partial charge is 0.307 e. The van der Waals surface area contributed by atoms with Crippen LogP contribution in [0.1, 0.15) is 36.0 Å². The molecule has 2 saturated heterocycles. The minimum atomic E-state index is -0.695. The molecule has 1 aromatic rings. The van der Waals surface area contributed by atoms with Crippen LogP contribution in [0, 0.1) is 5.92 Å². The van der Waals surface area contributed by atoms with E-state index in [1.54, 1.807) is 12.3 Å². The summed E-state index contributed by atoms with van der Waals surface area (Å²) in [6.07, 6.45) is 6.51. The van der Waals surface area contributed by atoms with Crippen LogP contribution in [0.5, 0.6) is 0 Å². The second kappa shape index (κ2) is 7.49. The van der Waals surface area contributed by atoms with Crippen LogP contribution < -0.4 is 0 Å². The van der Waals surface area contributed by atoms with Gasteiger partial charge in [0.1, 0.15) is 0 Å². The van der Waals surface area contributed by atoms with E-state index in [1.807, 2.05) is 4.90 Å². The number of carboxylic acid groups (broad SMARTS) is 1. The van der Waals surface area contributed by atoms with E-state index in [0.717, 1.165) is 32.2 Å². The van der Waals surface area contributed by atoms with E-state index in [4.69, 9.17) is 11.6 Å². The molecule has 0 radical (unpaired) electrons. The van der Waals surface area contributed by atoms with E-state index in [-0.39, 0.29) is 11.8 Å². The third kappa shape index (κ3) is 3.70. The molecule has 1 N–H and O–H groups in total. The quantitative estimate of drug-likeness (QED) is 0.903. The van der Waals surface area contributed by atoms with Crippen molar-refractivity contribution in [2.45, 2.75) is 31.7 Å². The Hall–Kier alpha value is -1.66. The molecule has 6 nitrogen and oxygen atoms in total. The number of pyridine rings is 1. The Morgan fingerprint density at radius 2 is 1.96 bits per heavy atom. The number of nitrogens with zero attached hydrogens (tertiary/aromatic N) is 3. The highest BCUT2D eigenvalue weighted by molar-refractivity contribution is 6.33. The molecule has 24 heavy (non-hydrogen) atoms. The number of carbonyl (C=O) groups excluding carboxylic acids is 1. The lowest BCUT2D eigenvalue weighted by atomic mass is 9.94. The molecule has 0 aromatic carbocycles. The van der Waals surface area contributed by atoms with E-state index in [2.05, 4.69) is 9.88 Å². The first kappa shape index (κ1) is 17.2. The summed E-state index contributed by atoms with van der Waals surface area (Å²) in [7, 11) is 0. The van der Waals surface area contributed by atoms with Gasteiger partial charge in [0.2, 0.25) is 0 Å². The van der Waals surface area contributed by atoms with Gasteiger partial charge in [0.25, 0.3) is 5.91 Å². The summed E-state index contributed by atoms with van der Waals surface area (Å²) in [5.74, 6) is -1.00. The van der Waals surface area contributed by atoms with Crippen molar-refractivity contribution in [1.29, 1.82) is 0 Å². The van der Waals surface area contributed by atoms with E-state index in [1.165, 1.54) is 6.20 Å². The predicted molar refractivity (Wildman–Crippen MR) is 90.1 cm³/mol. The van der Waals surface area contributed by atoms with Gasteiger partial charge < -0.3 is 10.0 Å². The second-order valence-electron chi connectivity index (χ2n) is 6.55. The number of likely N-dealkylation sites (tertiary alicyclic amines) is 2. The van der Waals surface area contributed by atoms with Crippen LogP contribution in [-0.2, 0) is 4.79 Å². The van der Waals surface area contributed by atoms with E-state index >= 15 is 0 Å². The van der Waals surface area contributed by atoms with Crippen LogP contribution >= 0.6 is 11.6 Å². The van der Waals surface area contributed by atoms with Gasteiger partial charge in [0.15, 0.2) is 0 Å². The summed E-state index contributed by atoms with van der Waals surface area (Å²) in [4.78, 5) is 31.8. The molecule has 0 unspecified atom stereocenters. The Morgan fingerprint density at radius 1 is 1.21 bits per heavy atom. The molecule has 1 amide bonds. The van der Waals surface area contributed by atoms with Gasteiger partial charge in [-0.15, -0.1) is 0 Å². The maximum atomic E-state index is 12.6. The normalized spacial score (nSPS) is 23.2. The number of carbonyl (C=O) groups is 2. The molecule has 3 heterocycles. The van der Waals surface area contributed by atoms with Crippen LogP contribution in [0.4, 0.5) is 0 Å². The fraction of sp³-hybridized carbons (Fsp3) is 0.588. The zero-order valence-electron chi connectivity index (χ0n) is 13.5. The number of aromatic nitrogens is 1. The van der Waals surface area contributed by atoms with Crippen molar-refractivity contribution < 1.29 is 14.7 Å². The van der Waals surface area contributed by atoms with Gasteiger partial charge in [-0.25, -0.2) is 0 Å². The van der Waals surface area contributed by atoms with Gasteiger partial charge >= 0.3 is 5.97 Å². The van der Waals surface area contributed by atoms with Crippen LogP contribution in [0.15, 0.2) is 18.5 Å². The minimum Gasteiger partial charge on any atom is -0.481 e. The molecule has 2 aliphatic rings. The van der Waals surface area contributed by atoms with Crippen LogP contribution in [0.3, 0.4) is 0 Å². The van der Waals surface area contributed by atoms with Gasteiger partial charge in [0, 0.05) is 38.1 Å². The molecule has 3 rings (SSSR count). The number of halogens is 1. The fourth-order valence-electron chi connectivity index (χ4n) is 3.69. The van der Waals surface area contributed by atoms with Crippen LogP contribution in [0.25, 0.3) is 0 Å². The topological polar surface area (TPSA) is 73.7 Å². The van der Waals surface area contributed by atoms with E-state index < -0.39 is 5.97 Å². The Bertz CT molecular complexity index is 617. The lowest BCUT2D eigenvalue weighted by Gasteiger charge is -2.41. The average Bonchev–Trinajstić information content (AvgIpc) is 2.62. The third-order valence-corrected chi connectivity index (χ3v) is 5.37. The molecule has 2 fully saturated rings. The van der Waals surface area contributed by atoms with Crippen LogP contribution in [0.2, 0.25) is 5.02 Å². The summed E-state index contributed by atoms with van der Waals surface area (Å²) >= 11 is 6.06. The number of amides is 1. The molecule has 1 aromatic heterocycles. The summed E-state index contributed by atoms with van der Waals surface area (Å²) in [6.45, 7) is 2.94. The average molecular weight is 352 g/mol. The minimum absolute atomic E-state index is 0.0529. The zero-order chi connectivity index (χ0) is 17.1. The number of hydrogen-bond acceptors (Lipinski definition) is 4. The lowest BCUT2D eigenvalue weighted by Crippen LogP contribution is -2.50. The Kier molecular flexibility index (Phi) is 5.36. The Morgan fingerprint density at radius 3 is 2.62 bits per heavy atom. The highest BCUT2D eigenvalue weighted by Crippen LogP contribution is 2.25. The molecule has 1 atom stereocenters. The van der Waals surface area contributed by atoms with E-state index in [9.17, 15) is 14.7 Å². The molecular formula is C17H22ClN3O3. The molecular weight excluding hydrogens is 330 g/mol. The van der Waals surface area contributed by atoms with Crippen LogP contribution in [-0.4, -0.2) is 64.0 Å². The molecule has 130 valence electrons. The zero-order valence-corrected chi connectivity index (χ0v) is 14.3. The first-order valence-electron chi connectivity index (χ1n) is 8.42. The fourth-order valence-corrected chi connectivity index (χ4v) is 3.89. The van der Waals surface area contributed by atoms with Gasteiger partial charge in [-0.05, 0) is 38.3 Å². The summed E-state index contributed by atoms with van der Waals surface area (Å²) in [5.41, 5.74) is 0.494. The standard InChI is InChI=1S/C17H22ClN3O3/c18-15-10-19-6-3-14(15)16(22)20-8-4-13(5-9-20)21-7-1-2-12(11-21)17(23)24/h3,6,10,12-13H,1-2,4-5,7-9,11H2,(H,23,24)/t12-/m0/s1. The number of aliphatic carboxylic acids is 1. The molecule has 0 aliphatic carbocycles. The molecule has 0 spiro atoms. The summed E-state index contributed by atoms with van der Waals surface area (Å²) in [6, 6.07) is 2.02. The first-order valence-corrected chi connectivity index (χ1v) is 8.79. The van der Waals surface area contributed by atoms with Gasteiger partial charge in [0.05, 0.1) is 16.5 Å². The number of hydrogen-bond donors (Lipinski definition) is 1. The van der Waals surface area contributed by atoms with Crippen molar-refractivity contribution in [1.82, 2.24) is 14.8 Å². The third-order valence-electron chi connectivity index (χ3n) is 5.07. The van der Waals surface area contributed by atoms with Crippen molar-refractivity contribution in [2.75, 3.05) is 26.2 Å². The second-order valence-corrected chi connectivity index (χ2v) is 6.96. The van der Waals surface area contributed by atoms with E-state index in [0.29, 0.717) is 36.3 Å². The molecule has 7 heteroatoms. The van der Waals surface area contributed by atoms with Crippen molar-refractivity contribution in [3.63, 3.8) is 0 Å². The number of rotatable bonds is 3. The highest BCUT2D eigenvalue weighted by atomic mass is 35.5. The first-order chi connectivity index (χ1) is 11.6. The Labute approximate surface area is 146 Å². The van der Waals surface area contributed by atoms with Gasteiger partial charge in [-0.3, -0.25) is 19.5 Å². The monoisotopic (exact) mass is 351 g/mol. The molecule has 0 saturated carbocycles. The van der Waals surface area contributed by atoms with Gasteiger partial charge in [-0.2, -0.15) is 0 Å². The summed E-state index contributed by atoms with van der Waals surface area (Å²) < 4.78 is 0. The summed E-state index contributed by atoms with van der Waals surface area (Å²) in [5, 5.41) is 9.60. The van der Waals surface area contributed by atoms with Crippen molar-refractivity contribution in [3.8, 4) is 0 Å². The predicted octanol–water partition coefficient (Wildman–Crippen LogP) is 2.14. The lowest BCUT2D eigenvalue weighted by molar-refractivity contribution is -0.144. The maximum absolute atomic E-state index is 12.6. The number of piperidine rings is 2. The Balaban J connectivity index is 1.57. The largest absolute Gasteiger partial charge is 0.481 e.